The van der Waals surface area contributed by atoms with E-state index in [4.69, 9.17) is 40.9 Å². The van der Waals surface area contributed by atoms with E-state index in [2.05, 4.69) is 34.6 Å². The van der Waals surface area contributed by atoms with Crippen LogP contribution in [0.3, 0.4) is 0 Å². The Morgan fingerprint density at radius 3 is 1.95 bits per heavy atom. The normalized spacial score (nSPS) is 26.5. The highest BCUT2D eigenvalue weighted by Gasteiger charge is 2.38. The van der Waals surface area contributed by atoms with Crippen LogP contribution in [-0.4, -0.2) is 102 Å². The number of imidazole rings is 2. The van der Waals surface area contributed by atoms with Gasteiger partial charge in [-0.15, -0.1) is 0 Å². The van der Waals surface area contributed by atoms with Crippen LogP contribution in [0.2, 0.25) is 0 Å². The van der Waals surface area contributed by atoms with E-state index in [9.17, 15) is 19.8 Å². The molecular formula is C20H27N10O11P. The van der Waals surface area contributed by atoms with Gasteiger partial charge in [0.15, 0.2) is 41.1 Å². The number of nitrogens with zero attached hydrogens (tertiary/aromatic N) is 6. The third-order valence-electron chi connectivity index (χ3n) is 6.23. The molecule has 0 saturated carbocycles. The topological polar surface area (TPSA) is 317 Å². The summed E-state index contributed by atoms with van der Waals surface area (Å²) < 4.78 is 18.3. The third-order valence-corrected chi connectivity index (χ3v) is 6.73. The number of aliphatic hydroxyl groups is 4. The summed E-state index contributed by atoms with van der Waals surface area (Å²) in [6.45, 7) is -0.184. The molecular weight excluding hydrogens is 587 g/mol. The van der Waals surface area contributed by atoms with Crippen LogP contribution in [0.5, 0.6) is 0 Å². The molecule has 0 aromatic carbocycles. The fraction of sp³-hybridized carbons (Fsp3) is 0.500. The number of ether oxygens (including phenoxy) is 2. The Morgan fingerprint density at radius 1 is 0.929 bits per heavy atom. The van der Waals surface area contributed by atoms with E-state index >= 15 is 0 Å². The van der Waals surface area contributed by atoms with Gasteiger partial charge >= 0.3 is 0 Å². The number of anilines is 2. The molecule has 21 nitrogen and oxygen atoms in total. The van der Waals surface area contributed by atoms with Gasteiger partial charge in [0.25, 0.3) is 11.1 Å². The molecule has 4 aromatic heterocycles. The molecule has 0 radical (unpaired) electrons. The second-order valence-corrected chi connectivity index (χ2v) is 10.2. The van der Waals surface area contributed by atoms with Crippen molar-refractivity contribution in [1.82, 2.24) is 39.0 Å². The SMILES string of the molecule is Nc1nc2c(ncn2[C@@H]2O[C@H](CO)C[C@@H]2O)c(=O)[nH]1.Nc1nc2c(ncn2[C@@H]2O[C@H](OOP(O)CO)C[C@@H]2O)c(=O)[nH]1. The average Bonchev–Trinajstić information content (AvgIpc) is 3.72. The van der Waals surface area contributed by atoms with E-state index in [1.165, 1.54) is 21.8 Å². The lowest BCUT2D eigenvalue weighted by Crippen LogP contribution is -2.20. The summed E-state index contributed by atoms with van der Waals surface area (Å²) >= 11 is 0. The summed E-state index contributed by atoms with van der Waals surface area (Å²) in [6, 6.07) is 0. The van der Waals surface area contributed by atoms with Gasteiger partial charge in [-0.05, 0) is 0 Å². The number of hydrogen-bond acceptors (Lipinski definition) is 17. The molecule has 0 bridgehead atoms. The summed E-state index contributed by atoms with van der Waals surface area (Å²) in [7, 11) is -2.13. The molecule has 22 heteroatoms. The van der Waals surface area contributed by atoms with E-state index < -0.39 is 62.9 Å². The summed E-state index contributed by atoms with van der Waals surface area (Å²) in [5.74, 6) is -0.132. The first kappa shape index (κ1) is 29.8. The molecule has 228 valence electrons. The van der Waals surface area contributed by atoms with Gasteiger partial charge in [0, 0.05) is 12.8 Å². The number of nitrogens with one attached hydrogen (secondary N) is 2. The van der Waals surface area contributed by atoms with Crippen LogP contribution in [-0.2, 0) is 19.0 Å². The Hall–Kier alpha value is -3.63. The lowest BCUT2D eigenvalue weighted by atomic mass is 10.2. The van der Waals surface area contributed by atoms with Crippen LogP contribution in [0.15, 0.2) is 22.2 Å². The minimum Gasteiger partial charge on any atom is -0.394 e. The molecule has 7 atom stereocenters. The second-order valence-electron chi connectivity index (χ2n) is 9.11. The van der Waals surface area contributed by atoms with Gasteiger partial charge in [0.2, 0.25) is 20.3 Å². The first-order valence-corrected chi connectivity index (χ1v) is 13.6. The molecule has 2 fully saturated rings. The first-order valence-electron chi connectivity index (χ1n) is 12.2. The summed E-state index contributed by atoms with van der Waals surface area (Å²) in [5, 5.41) is 37.7. The van der Waals surface area contributed by atoms with Gasteiger partial charge in [-0.25, -0.2) is 9.97 Å². The zero-order valence-corrected chi connectivity index (χ0v) is 22.3. The largest absolute Gasteiger partial charge is 0.394 e. The Bertz CT molecular complexity index is 1660. The number of nitrogen functional groups attached to an aromatic ring is 2. The van der Waals surface area contributed by atoms with Crippen molar-refractivity contribution in [1.29, 1.82) is 0 Å². The summed E-state index contributed by atoms with van der Waals surface area (Å²) in [5.41, 5.74) is 10.6. The fourth-order valence-electron chi connectivity index (χ4n) is 4.41. The van der Waals surface area contributed by atoms with E-state index in [0.717, 1.165) is 0 Å². The van der Waals surface area contributed by atoms with Crippen LogP contribution >= 0.6 is 8.38 Å². The van der Waals surface area contributed by atoms with E-state index in [1.807, 2.05) is 0 Å². The smallest absolute Gasteiger partial charge is 0.280 e. The molecule has 4 aromatic rings. The fourth-order valence-corrected chi connectivity index (χ4v) is 4.65. The predicted molar refractivity (Wildman–Crippen MR) is 140 cm³/mol. The van der Waals surface area contributed by atoms with E-state index in [0.29, 0.717) is 6.42 Å². The lowest BCUT2D eigenvalue weighted by Gasteiger charge is -2.16. The first-order chi connectivity index (χ1) is 20.1. The van der Waals surface area contributed by atoms with Gasteiger partial charge in [-0.2, -0.15) is 19.5 Å². The number of rotatable bonds is 7. The van der Waals surface area contributed by atoms with Crippen LogP contribution in [0.1, 0.15) is 25.3 Å². The third kappa shape index (κ3) is 5.96. The predicted octanol–water partition coefficient (Wildman–Crippen LogP) is -3.15. The minimum absolute atomic E-state index is 0.0366. The van der Waals surface area contributed by atoms with Gasteiger partial charge in [0.1, 0.15) is 18.6 Å². The Balaban J connectivity index is 0.000000171. The van der Waals surface area contributed by atoms with E-state index in [1.54, 1.807) is 0 Å². The van der Waals surface area contributed by atoms with E-state index in [-0.39, 0.29) is 47.3 Å². The molecule has 0 spiro atoms. The number of H-pyrrole nitrogens is 2. The van der Waals surface area contributed by atoms with Crippen molar-refractivity contribution in [3.05, 3.63) is 33.4 Å². The zero-order valence-electron chi connectivity index (χ0n) is 21.4. The highest BCUT2D eigenvalue weighted by molar-refractivity contribution is 7.45. The maximum atomic E-state index is 11.7. The standard InChI is InChI=1S/C10H14N5O7P.C10H13N5O4/c11-10-13-7-6(8(18)14-10)12-2-15(7)9-4(17)1-5(20-9)21-22-23(19)3-16;11-10-13-7-6(8(18)14-10)12-3-15(7)9-5(17)1-4(2-16)19-9/h2,4-5,9,16-17,19H,1,3H2,(H3,11,13,14,18);3-5,9,16-17H,1-2H2,(H3,11,13,14,18)/t4-,5+,9+,23?;4-,5-,9+/m00/s1. The zero-order chi connectivity index (χ0) is 30.1. The second kappa shape index (κ2) is 12.3. The maximum Gasteiger partial charge on any atom is 0.280 e. The van der Waals surface area contributed by atoms with Crippen molar-refractivity contribution in [2.45, 2.75) is 49.9 Å². The van der Waals surface area contributed by atoms with Gasteiger partial charge in [-0.3, -0.25) is 28.7 Å². The number of aliphatic hydroxyl groups excluding tert-OH is 4. The minimum atomic E-state index is -2.13. The Morgan fingerprint density at radius 2 is 1.45 bits per heavy atom. The molecule has 1 unspecified atom stereocenters. The monoisotopic (exact) mass is 614 g/mol. The molecule has 2 aliphatic heterocycles. The van der Waals surface area contributed by atoms with Crippen LogP contribution < -0.4 is 22.6 Å². The Labute approximate surface area is 234 Å². The highest BCUT2D eigenvalue weighted by Crippen LogP contribution is 2.36. The van der Waals surface area contributed by atoms with Crippen molar-refractivity contribution in [3.63, 3.8) is 0 Å². The lowest BCUT2D eigenvalue weighted by molar-refractivity contribution is -0.318. The van der Waals surface area contributed by atoms with Crippen molar-refractivity contribution in [3.8, 4) is 0 Å². The molecule has 6 rings (SSSR count). The molecule has 11 N–H and O–H groups in total. The average molecular weight is 614 g/mol. The summed E-state index contributed by atoms with van der Waals surface area (Å²) in [4.78, 5) is 57.8. The van der Waals surface area contributed by atoms with Crippen LogP contribution in [0.4, 0.5) is 11.9 Å². The maximum absolute atomic E-state index is 11.7. The molecule has 0 aliphatic carbocycles. The van der Waals surface area contributed by atoms with Gasteiger partial charge < -0.3 is 46.3 Å². The van der Waals surface area contributed by atoms with Gasteiger partial charge in [0.05, 0.1) is 25.4 Å². The molecule has 42 heavy (non-hydrogen) atoms. The number of aromatic amines is 2. The number of nitrogens with two attached hydrogens (primary N) is 2. The van der Waals surface area contributed by atoms with Crippen LogP contribution in [0.25, 0.3) is 22.3 Å². The van der Waals surface area contributed by atoms with Crippen molar-refractivity contribution in [2.75, 3.05) is 24.4 Å². The summed E-state index contributed by atoms with van der Waals surface area (Å²) in [6.07, 6.45) is -2.50. The van der Waals surface area contributed by atoms with Crippen molar-refractivity contribution in [2.24, 2.45) is 0 Å². The number of aromatic nitrogens is 8. The number of fused-ring (bicyclic) bond motifs is 2. The number of hydrogen-bond donors (Lipinski definition) is 9. The van der Waals surface area contributed by atoms with Crippen LogP contribution in [0, 0.1) is 0 Å². The highest BCUT2D eigenvalue weighted by atomic mass is 31.2. The van der Waals surface area contributed by atoms with Crippen molar-refractivity contribution < 1.29 is 44.4 Å². The van der Waals surface area contributed by atoms with Crippen molar-refractivity contribution >= 4 is 42.6 Å². The molecule has 2 aliphatic rings. The molecule has 2 saturated heterocycles. The molecule has 6 heterocycles. The van der Waals surface area contributed by atoms with Gasteiger partial charge in [-0.1, -0.05) is 0 Å². The molecule has 0 amide bonds. The Kier molecular flexibility index (Phi) is 8.75. The quantitative estimate of drug-likeness (QED) is 0.0563.